The molecular weight excluding hydrogens is 266 g/mol. The summed E-state index contributed by atoms with van der Waals surface area (Å²) in [4.78, 5) is 11.9. The topological polar surface area (TPSA) is 51.5 Å². The second kappa shape index (κ2) is 5.97. The predicted octanol–water partition coefficient (Wildman–Crippen LogP) is 3.67. The van der Waals surface area contributed by atoms with Crippen LogP contribution >= 0.6 is 11.6 Å². The zero-order chi connectivity index (χ0) is 13.8. The fourth-order valence-electron chi connectivity index (χ4n) is 1.86. The maximum absolute atomic E-state index is 11.9. The van der Waals surface area contributed by atoms with E-state index in [0.29, 0.717) is 22.9 Å². The first-order valence-corrected chi connectivity index (χ1v) is 6.68. The fourth-order valence-corrected chi connectivity index (χ4v) is 2.03. The molecule has 1 aromatic carbocycles. The van der Waals surface area contributed by atoms with Gasteiger partial charge in [0, 0.05) is 17.0 Å². The molecule has 0 bridgehead atoms. The highest BCUT2D eigenvalue weighted by Gasteiger charge is 2.15. The summed E-state index contributed by atoms with van der Waals surface area (Å²) in [6.45, 7) is 5.02. The number of hydrogen-bond donors (Lipinski definition) is 1. The summed E-state index contributed by atoms with van der Waals surface area (Å²) in [5.41, 5.74) is 0.671. The van der Waals surface area contributed by atoms with Gasteiger partial charge in [0.25, 0.3) is 0 Å². The van der Waals surface area contributed by atoms with Crippen molar-refractivity contribution < 1.29 is 9.15 Å². The Kier molecular flexibility index (Phi) is 4.32. The van der Waals surface area contributed by atoms with Crippen molar-refractivity contribution >= 4 is 28.3 Å². The van der Waals surface area contributed by atoms with Crippen LogP contribution in [0.3, 0.4) is 0 Å². The van der Waals surface area contributed by atoms with Gasteiger partial charge in [-0.05, 0) is 31.5 Å². The van der Waals surface area contributed by atoms with Gasteiger partial charge in [-0.1, -0.05) is 18.5 Å². The molecule has 19 heavy (non-hydrogen) atoms. The minimum atomic E-state index is -0.477. The van der Waals surface area contributed by atoms with Crippen LogP contribution in [0.1, 0.15) is 20.3 Å². The summed E-state index contributed by atoms with van der Waals surface area (Å²) >= 11 is 6.01. The fraction of sp³-hybridized carbons (Fsp3) is 0.357. The van der Waals surface area contributed by atoms with Crippen LogP contribution in [0.15, 0.2) is 27.4 Å². The zero-order valence-corrected chi connectivity index (χ0v) is 11.7. The van der Waals surface area contributed by atoms with Crippen LogP contribution in [0.2, 0.25) is 5.02 Å². The molecule has 1 heterocycles. The van der Waals surface area contributed by atoms with E-state index >= 15 is 0 Å². The Morgan fingerprint density at radius 3 is 2.84 bits per heavy atom. The molecule has 0 radical (unpaired) electrons. The Balaban J connectivity index is 2.68. The van der Waals surface area contributed by atoms with Crippen molar-refractivity contribution in [3.63, 3.8) is 0 Å². The summed E-state index contributed by atoms with van der Waals surface area (Å²) in [6, 6.07) is 5.14. The summed E-state index contributed by atoms with van der Waals surface area (Å²) in [7, 11) is 0. The second-order valence-corrected chi connectivity index (χ2v) is 4.53. The van der Waals surface area contributed by atoms with Crippen LogP contribution < -0.4 is 15.7 Å². The minimum Gasteiger partial charge on any atom is -0.485 e. The number of fused-ring (bicyclic) bond motifs is 1. The highest BCUT2D eigenvalue weighted by atomic mass is 35.5. The lowest BCUT2D eigenvalue weighted by Gasteiger charge is -2.13. The van der Waals surface area contributed by atoms with Crippen LogP contribution in [0.4, 0.5) is 5.69 Å². The van der Waals surface area contributed by atoms with Crippen molar-refractivity contribution in [1.82, 2.24) is 0 Å². The van der Waals surface area contributed by atoms with Crippen LogP contribution in [0, 0.1) is 0 Å². The van der Waals surface area contributed by atoms with Crippen LogP contribution in [-0.4, -0.2) is 13.2 Å². The lowest BCUT2D eigenvalue weighted by atomic mass is 10.2. The number of halogens is 1. The molecule has 0 atom stereocenters. The summed E-state index contributed by atoms with van der Waals surface area (Å²) in [6.07, 6.45) is 0.938. The first-order valence-electron chi connectivity index (χ1n) is 6.30. The van der Waals surface area contributed by atoms with Crippen molar-refractivity contribution in [3.8, 4) is 5.75 Å². The van der Waals surface area contributed by atoms with Gasteiger partial charge in [0.15, 0.2) is 0 Å². The van der Waals surface area contributed by atoms with Gasteiger partial charge in [-0.25, -0.2) is 4.79 Å². The van der Waals surface area contributed by atoms with Gasteiger partial charge in [0.2, 0.25) is 5.75 Å². The lowest BCUT2D eigenvalue weighted by molar-refractivity contribution is 0.324. The van der Waals surface area contributed by atoms with E-state index in [4.69, 9.17) is 20.8 Å². The average molecular weight is 282 g/mol. The van der Waals surface area contributed by atoms with E-state index in [2.05, 4.69) is 5.32 Å². The molecule has 0 saturated heterocycles. The van der Waals surface area contributed by atoms with Crippen molar-refractivity contribution in [2.75, 3.05) is 18.5 Å². The first-order chi connectivity index (χ1) is 9.17. The summed E-state index contributed by atoms with van der Waals surface area (Å²) < 4.78 is 10.6. The van der Waals surface area contributed by atoms with Gasteiger partial charge in [-0.3, -0.25) is 0 Å². The summed E-state index contributed by atoms with van der Waals surface area (Å²) in [5.74, 6) is 0.214. The van der Waals surface area contributed by atoms with Crippen molar-refractivity contribution in [3.05, 3.63) is 33.6 Å². The molecular formula is C14H16ClNO3. The van der Waals surface area contributed by atoms with Crippen molar-refractivity contribution in [1.29, 1.82) is 0 Å². The van der Waals surface area contributed by atoms with Gasteiger partial charge in [0.1, 0.15) is 5.58 Å². The third-order valence-corrected chi connectivity index (χ3v) is 2.90. The van der Waals surface area contributed by atoms with E-state index < -0.39 is 5.63 Å². The van der Waals surface area contributed by atoms with E-state index in [1.165, 1.54) is 0 Å². The number of ether oxygens (including phenoxy) is 1. The lowest BCUT2D eigenvalue weighted by Crippen LogP contribution is -2.12. The molecule has 102 valence electrons. The molecule has 1 aromatic heterocycles. The second-order valence-electron chi connectivity index (χ2n) is 4.09. The molecule has 0 aliphatic carbocycles. The number of nitrogens with one attached hydrogen (secondary N) is 1. The largest absolute Gasteiger partial charge is 0.485 e. The molecule has 2 rings (SSSR count). The normalized spacial score (nSPS) is 10.7. The highest BCUT2D eigenvalue weighted by molar-refractivity contribution is 6.31. The quantitative estimate of drug-likeness (QED) is 0.850. The molecule has 0 spiro atoms. The number of benzene rings is 1. The van der Waals surface area contributed by atoms with E-state index in [0.717, 1.165) is 18.4 Å². The Morgan fingerprint density at radius 1 is 1.37 bits per heavy atom. The van der Waals surface area contributed by atoms with E-state index in [1.807, 2.05) is 13.8 Å². The van der Waals surface area contributed by atoms with Crippen LogP contribution in [0.5, 0.6) is 5.75 Å². The third-order valence-electron chi connectivity index (χ3n) is 2.67. The molecule has 0 saturated carbocycles. The van der Waals surface area contributed by atoms with E-state index in [-0.39, 0.29) is 5.75 Å². The SMILES string of the molecule is CCCNc1c(OCC)c(=O)oc2ccc(Cl)cc12. The van der Waals surface area contributed by atoms with Gasteiger partial charge < -0.3 is 14.5 Å². The van der Waals surface area contributed by atoms with Gasteiger partial charge in [-0.15, -0.1) is 0 Å². The average Bonchev–Trinajstić information content (AvgIpc) is 2.39. The molecule has 2 aromatic rings. The molecule has 0 aliphatic rings. The van der Waals surface area contributed by atoms with Gasteiger partial charge in [0.05, 0.1) is 12.3 Å². The number of anilines is 1. The number of rotatable bonds is 5. The van der Waals surface area contributed by atoms with Crippen molar-refractivity contribution in [2.45, 2.75) is 20.3 Å². The van der Waals surface area contributed by atoms with Crippen LogP contribution in [0.25, 0.3) is 11.0 Å². The Bertz CT molecular complexity index is 636. The Hall–Kier alpha value is -1.68. The zero-order valence-electron chi connectivity index (χ0n) is 11.0. The third kappa shape index (κ3) is 2.84. The van der Waals surface area contributed by atoms with E-state index in [9.17, 15) is 4.79 Å². The first kappa shape index (κ1) is 13.7. The predicted molar refractivity (Wildman–Crippen MR) is 77.4 cm³/mol. The smallest absolute Gasteiger partial charge is 0.381 e. The molecule has 0 amide bonds. The van der Waals surface area contributed by atoms with Crippen LogP contribution in [-0.2, 0) is 0 Å². The number of hydrogen-bond acceptors (Lipinski definition) is 4. The minimum absolute atomic E-state index is 0.214. The maximum Gasteiger partial charge on any atom is 0.381 e. The van der Waals surface area contributed by atoms with Gasteiger partial charge in [-0.2, -0.15) is 0 Å². The highest BCUT2D eigenvalue weighted by Crippen LogP contribution is 2.32. The van der Waals surface area contributed by atoms with Crippen molar-refractivity contribution in [2.24, 2.45) is 0 Å². The molecule has 0 fully saturated rings. The monoisotopic (exact) mass is 281 g/mol. The molecule has 0 aliphatic heterocycles. The Morgan fingerprint density at radius 2 is 2.16 bits per heavy atom. The molecule has 4 nitrogen and oxygen atoms in total. The van der Waals surface area contributed by atoms with Gasteiger partial charge >= 0.3 is 5.63 Å². The Labute approximate surface area is 116 Å². The standard InChI is InChI=1S/C14H16ClNO3/c1-3-7-16-12-10-8-9(15)5-6-11(10)19-14(17)13(12)18-4-2/h5-6,8,16H,3-4,7H2,1-2H3. The maximum atomic E-state index is 11.9. The summed E-state index contributed by atoms with van der Waals surface area (Å²) in [5, 5.41) is 4.56. The molecule has 5 heteroatoms. The molecule has 0 unspecified atom stereocenters. The molecule has 1 N–H and O–H groups in total. The van der Waals surface area contributed by atoms with E-state index in [1.54, 1.807) is 18.2 Å².